The van der Waals surface area contributed by atoms with E-state index in [9.17, 15) is 18.4 Å². The van der Waals surface area contributed by atoms with Crippen LogP contribution in [0.25, 0.3) is 5.69 Å². The Kier molecular flexibility index (Phi) is 5.41. The lowest BCUT2D eigenvalue weighted by atomic mass is 10.1. The van der Waals surface area contributed by atoms with Gasteiger partial charge in [-0.3, -0.25) is 4.79 Å². The smallest absolute Gasteiger partial charge is 0.340 e. The van der Waals surface area contributed by atoms with Gasteiger partial charge in [-0.05, 0) is 44.2 Å². The topological polar surface area (TPSA) is 66.8 Å². The van der Waals surface area contributed by atoms with E-state index in [4.69, 9.17) is 25.8 Å². The van der Waals surface area contributed by atoms with Crippen LogP contribution < -0.4 is 9.47 Å². The number of Topliss-reactive ketones (excluding diaryl/α,β-unsaturated/α-hetero) is 1. The van der Waals surface area contributed by atoms with E-state index in [0.717, 1.165) is 11.4 Å². The Balaban J connectivity index is 1.53. The number of nitrogens with zero attached hydrogens (tertiary/aromatic N) is 1. The van der Waals surface area contributed by atoms with E-state index < -0.39 is 30.0 Å². The Bertz CT molecular complexity index is 1220. The van der Waals surface area contributed by atoms with E-state index in [0.29, 0.717) is 34.9 Å². The largest absolute Gasteiger partial charge is 0.454 e. The van der Waals surface area contributed by atoms with Crippen LogP contribution in [0.2, 0.25) is 5.02 Å². The number of ketones is 1. The molecule has 3 aromatic rings. The van der Waals surface area contributed by atoms with Gasteiger partial charge in [0.15, 0.2) is 29.7 Å². The van der Waals surface area contributed by atoms with Gasteiger partial charge >= 0.3 is 5.97 Å². The van der Waals surface area contributed by atoms with Crippen LogP contribution in [0.1, 0.15) is 32.1 Å². The molecule has 0 saturated carbocycles. The molecule has 9 heteroatoms. The second kappa shape index (κ2) is 8.03. The monoisotopic (exact) mass is 447 g/mol. The Morgan fingerprint density at radius 2 is 1.74 bits per heavy atom. The molecule has 0 amide bonds. The summed E-state index contributed by atoms with van der Waals surface area (Å²) in [5.41, 5.74) is 2.21. The number of carbonyl (C=O) groups is 2. The molecule has 4 rings (SSSR count). The summed E-state index contributed by atoms with van der Waals surface area (Å²) in [4.78, 5) is 24.9. The molecule has 6 nitrogen and oxygen atoms in total. The molecule has 0 unspecified atom stereocenters. The maximum absolute atomic E-state index is 13.4. The fraction of sp³-hybridized carbons (Fsp3) is 0.182. The summed E-state index contributed by atoms with van der Waals surface area (Å²) in [6.45, 7) is 3.17. The molecule has 0 radical (unpaired) electrons. The van der Waals surface area contributed by atoms with Crippen LogP contribution in [-0.2, 0) is 4.74 Å². The third-order valence-corrected chi connectivity index (χ3v) is 5.22. The molecular weight excluding hydrogens is 432 g/mol. The second-order valence-corrected chi connectivity index (χ2v) is 7.31. The van der Waals surface area contributed by atoms with Crippen molar-refractivity contribution < 1.29 is 32.6 Å². The van der Waals surface area contributed by atoms with Gasteiger partial charge in [0.1, 0.15) is 0 Å². The van der Waals surface area contributed by atoms with E-state index in [1.807, 2.05) is 23.6 Å². The van der Waals surface area contributed by atoms with E-state index in [1.165, 1.54) is 0 Å². The van der Waals surface area contributed by atoms with E-state index >= 15 is 0 Å². The number of aromatic nitrogens is 1. The van der Waals surface area contributed by atoms with E-state index in [-0.39, 0.29) is 17.4 Å². The van der Waals surface area contributed by atoms with Gasteiger partial charge in [-0.25, -0.2) is 13.6 Å². The Morgan fingerprint density at radius 3 is 2.52 bits per heavy atom. The Hall–Kier alpha value is -3.39. The molecule has 2 aromatic carbocycles. The summed E-state index contributed by atoms with van der Waals surface area (Å²) in [5.74, 6) is -2.65. The van der Waals surface area contributed by atoms with Gasteiger partial charge in [0.2, 0.25) is 12.6 Å². The number of aryl methyl sites for hydroxylation is 1. The average molecular weight is 448 g/mol. The average Bonchev–Trinajstić information content (AvgIpc) is 3.31. The van der Waals surface area contributed by atoms with Gasteiger partial charge in [-0.15, -0.1) is 0 Å². The maximum atomic E-state index is 13.4. The SMILES string of the molecule is Cc1cc(C(=O)COC(=O)c2cc(F)c(F)cc2Cl)c(C)n1-c1ccc2c(c1)OCO2. The molecule has 1 aliphatic rings. The molecule has 160 valence electrons. The number of halogens is 3. The summed E-state index contributed by atoms with van der Waals surface area (Å²) in [6, 6.07) is 8.42. The summed E-state index contributed by atoms with van der Waals surface area (Å²) in [5, 5.41) is -0.308. The third kappa shape index (κ3) is 3.86. The minimum atomic E-state index is -1.24. The van der Waals surface area contributed by atoms with Gasteiger partial charge in [0, 0.05) is 28.7 Å². The fourth-order valence-corrected chi connectivity index (χ4v) is 3.66. The number of carbonyl (C=O) groups excluding carboxylic acids is 2. The quantitative estimate of drug-likeness (QED) is 0.319. The molecule has 0 N–H and O–H groups in total. The zero-order chi connectivity index (χ0) is 22.3. The van der Waals surface area contributed by atoms with E-state index in [2.05, 4.69) is 0 Å². The molecule has 0 spiro atoms. The molecule has 0 saturated heterocycles. The molecule has 1 aromatic heterocycles. The lowest BCUT2D eigenvalue weighted by Gasteiger charge is -2.11. The molecule has 2 heterocycles. The zero-order valence-corrected chi connectivity index (χ0v) is 17.3. The first-order chi connectivity index (χ1) is 14.8. The van der Waals surface area contributed by atoms with E-state index in [1.54, 1.807) is 19.1 Å². The Labute approximate surface area is 180 Å². The number of benzene rings is 2. The summed E-state index contributed by atoms with van der Waals surface area (Å²) in [7, 11) is 0. The minimum absolute atomic E-state index is 0.152. The van der Waals surface area contributed by atoms with Crippen LogP contribution in [-0.4, -0.2) is 29.7 Å². The van der Waals surface area contributed by atoms with Crippen molar-refractivity contribution in [3.63, 3.8) is 0 Å². The van der Waals surface area contributed by atoms with Crippen LogP contribution in [0.5, 0.6) is 11.5 Å². The van der Waals surface area contributed by atoms with Crippen LogP contribution in [0.15, 0.2) is 36.4 Å². The highest BCUT2D eigenvalue weighted by Gasteiger charge is 2.22. The lowest BCUT2D eigenvalue weighted by molar-refractivity contribution is 0.0474. The van der Waals surface area contributed by atoms with Crippen LogP contribution in [0.4, 0.5) is 8.78 Å². The highest BCUT2D eigenvalue weighted by atomic mass is 35.5. The van der Waals surface area contributed by atoms with Crippen molar-refractivity contribution in [3.05, 3.63) is 75.6 Å². The van der Waals surface area contributed by atoms with Crippen LogP contribution in [0.3, 0.4) is 0 Å². The second-order valence-electron chi connectivity index (χ2n) is 6.90. The van der Waals surface area contributed by atoms with Crippen molar-refractivity contribution in [2.45, 2.75) is 13.8 Å². The molecule has 0 fully saturated rings. The highest BCUT2D eigenvalue weighted by Crippen LogP contribution is 2.35. The van der Waals surface area contributed by atoms with Gasteiger partial charge in [-0.2, -0.15) is 0 Å². The van der Waals surface area contributed by atoms with Gasteiger partial charge < -0.3 is 18.8 Å². The predicted molar refractivity (Wildman–Crippen MR) is 107 cm³/mol. The molecule has 0 atom stereocenters. The summed E-state index contributed by atoms with van der Waals surface area (Å²) >= 11 is 5.77. The molecule has 31 heavy (non-hydrogen) atoms. The number of esters is 1. The minimum Gasteiger partial charge on any atom is -0.454 e. The van der Waals surface area contributed by atoms with Crippen molar-refractivity contribution in [3.8, 4) is 17.2 Å². The van der Waals surface area contributed by atoms with Gasteiger partial charge in [0.05, 0.1) is 10.6 Å². The molecule has 0 aliphatic carbocycles. The number of rotatable bonds is 5. The van der Waals surface area contributed by atoms with Gasteiger partial charge in [-0.1, -0.05) is 11.6 Å². The zero-order valence-electron chi connectivity index (χ0n) is 16.5. The highest BCUT2D eigenvalue weighted by molar-refractivity contribution is 6.33. The fourth-order valence-electron chi connectivity index (χ4n) is 3.43. The van der Waals surface area contributed by atoms with Crippen molar-refractivity contribution >= 4 is 23.4 Å². The van der Waals surface area contributed by atoms with Crippen molar-refractivity contribution in [1.29, 1.82) is 0 Å². The molecule has 0 bridgehead atoms. The molecule has 1 aliphatic heterocycles. The number of fused-ring (bicyclic) bond motifs is 1. The standard InChI is InChI=1S/C22H16ClF2NO5/c1-11-5-14(12(2)26(11)13-3-4-20-21(6-13)31-10-30-20)19(27)9-29-22(28)15-7-17(24)18(25)8-16(15)23/h3-8H,9-10H2,1-2H3. The predicted octanol–water partition coefficient (Wildman–Crippen LogP) is 4.79. The van der Waals surface area contributed by atoms with Gasteiger partial charge in [0.25, 0.3) is 0 Å². The number of hydrogen-bond donors (Lipinski definition) is 0. The number of hydrogen-bond acceptors (Lipinski definition) is 5. The van der Waals surface area contributed by atoms with Crippen molar-refractivity contribution in [2.24, 2.45) is 0 Å². The third-order valence-electron chi connectivity index (χ3n) is 4.91. The Morgan fingerprint density at radius 1 is 1.03 bits per heavy atom. The first-order valence-corrected chi connectivity index (χ1v) is 9.58. The first-order valence-electron chi connectivity index (χ1n) is 9.20. The molecular formula is C22H16ClF2NO5. The summed E-state index contributed by atoms with van der Waals surface area (Å²) < 4.78 is 44.1. The van der Waals surface area contributed by atoms with Crippen molar-refractivity contribution in [2.75, 3.05) is 13.4 Å². The lowest BCUT2D eigenvalue weighted by Crippen LogP contribution is -2.15. The first kappa shape index (κ1) is 20.9. The normalized spacial score (nSPS) is 12.2. The maximum Gasteiger partial charge on any atom is 0.340 e. The summed E-state index contributed by atoms with van der Waals surface area (Å²) in [6.07, 6.45) is 0. The van der Waals surface area contributed by atoms with Crippen LogP contribution >= 0.6 is 11.6 Å². The van der Waals surface area contributed by atoms with Crippen LogP contribution in [0, 0.1) is 25.5 Å². The van der Waals surface area contributed by atoms with Crippen molar-refractivity contribution in [1.82, 2.24) is 4.57 Å². The number of ether oxygens (including phenoxy) is 3.